The number of nitrogens with two attached hydrogens (primary N) is 2. The fourth-order valence-electron chi connectivity index (χ4n) is 11.2. The summed E-state index contributed by atoms with van der Waals surface area (Å²) in [7, 11) is -2.18. The molecule has 6 aromatic rings. The summed E-state index contributed by atoms with van der Waals surface area (Å²) in [5.74, 6) is 2.48. The van der Waals surface area contributed by atoms with Crippen LogP contribution in [-0.2, 0) is 34.8 Å². The Morgan fingerprint density at radius 2 is 1.06 bits per heavy atom. The molecule has 2 saturated carbocycles. The van der Waals surface area contributed by atoms with Gasteiger partial charge in [0.25, 0.3) is 0 Å². The number of nitrogen functional groups attached to an aromatic ring is 2. The second-order valence-corrected chi connectivity index (χ2v) is 30.8. The predicted molar refractivity (Wildman–Crippen MR) is 325 cm³/mol. The van der Waals surface area contributed by atoms with Crippen LogP contribution in [0.3, 0.4) is 0 Å². The van der Waals surface area contributed by atoms with Gasteiger partial charge in [0.2, 0.25) is 0 Å². The van der Waals surface area contributed by atoms with Crippen molar-refractivity contribution < 1.29 is 8.42 Å². The largest absolute Gasteiger partial charge is 0.381 e. The lowest BCUT2D eigenvalue weighted by Crippen LogP contribution is -2.48. The summed E-state index contributed by atoms with van der Waals surface area (Å²) in [6.07, 6.45) is 17.8. The molecule has 12 rings (SSSR count). The molecule has 2 saturated heterocycles. The third-order valence-electron chi connectivity index (χ3n) is 15.9. The summed E-state index contributed by atoms with van der Waals surface area (Å²) in [6, 6.07) is 21.3. The summed E-state index contributed by atoms with van der Waals surface area (Å²) in [4.78, 5) is 30.5. The fraction of sp³-hybridized carbons (Fsp3) is 0.483. The molecule has 7 N–H and O–H groups in total. The minimum atomic E-state index is -1.15. The zero-order valence-corrected chi connectivity index (χ0v) is 51.2. The van der Waals surface area contributed by atoms with E-state index in [2.05, 4.69) is 93.1 Å². The molecule has 4 aromatic heterocycles. The molecule has 79 heavy (non-hydrogen) atoms. The van der Waals surface area contributed by atoms with Crippen LogP contribution in [0.15, 0.2) is 105 Å². The van der Waals surface area contributed by atoms with Crippen molar-refractivity contribution in [2.24, 2.45) is 10.8 Å². The Balaban J connectivity index is 0.000000148. The van der Waals surface area contributed by atoms with Gasteiger partial charge in [-0.3, -0.25) is 9.97 Å². The van der Waals surface area contributed by atoms with Crippen LogP contribution in [0.5, 0.6) is 0 Å². The van der Waals surface area contributed by atoms with E-state index < -0.39 is 22.0 Å². The van der Waals surface area contributed by atoms with Gasteiger partial charge < -0.3 is 21.7 Å². The van der Waals surface area contributed by atoms with E-state index in [1.165, 1.54) is 52.0 Å². The first-order valence-electron chi connectivity index (χ1n) is 27.2. The molecule has 4 aliphatic carbocycles. The zero-order chi connectivity index (χ0) is 55.9. The first-order valence-corrected chi connectivity index (χ1v) is 32.3. The van der Waals surface area contributed by atoms with E-state index in [1.54, 1.807) is 6.20 Å². The highest BCUT2D eigenvalue weighted by molar-refractivity contribution is 7.99. The van der Waals surface area contributed by atoms with Gasteiger partial charge in [-0.2, -0.15) is 0 Å². The van der Waals surface area contributed by atoms with E-state index in [0.29, 0.717) is 43.6 Å². The van der Waals surface area contributed by atoms with E-state index in [9.17, 15) is 8.42 Å². The number of hydrogen-bond donors (Lipinski definition) is 5. The highest BCUT2D eigenvalue weighted by Crippen LogP contribution is 2.54. The Morgan fingerprint density at radius 3 is 1.51 bits per heavy atom. The monoisotopic (exact) mass is 1200 g/mol. The van der Waals surface area contributed by atoms with Crippen molar-refractivity contribution in [1.29, 1.82) is 0 Å². The second-order valence-electron chi connectivity index (χ2n) is 23.6. The molecule has 4 fully saturated rings. The quantitative estimate of drug-likeness (QED) is 0.0820. The van der Waals surface area contributed by atoms with E-state index in [0.717, 1.165) is 117 Å². The third-order valence-corrected chi connectivity index (χ3v) is 22.3. The van der Waals surface area contributed by atoms with Crippen molar-refractivity contribution in [2.45, 2.75) is 159 Å². The van der Waals surface area contributed by atoms with Crippen molar-refractivity contribution >= 4 is 97.8 Å². The van der Waals surface area contributed by atoms with Gasteiger partial charge >= 0.3 is 0 Å². The smallest absolute Gasteiger partial charge is 0.158 e. The number of aromatic nitrogens is 6. The zero-order valence-electron chi connectivity index (χ0n) is 45.7. The predicted octanol–water partition coefficient (Wildman–Crippen LogP) is 12.6. The Morgan fingerprint density at radius 1 is 0.620 bits per heavy atom. The molecule has 2 aliphatic heterocycles. The number of fused-ring (bicyclic) bond motifs is 2. The van der Waals surface area contributed by atoms with Gasteiger partial charge in [0.05, 0.1) is 77.4 Å². The molecule has 0 bridgehead atoms. The lowest BCUT2D eigenvalue weighted by atomic mass is 9.73. The summed E-state index contributed by atoms with van der Waals surface area (Å²) >= 11 is 21.6. The molecular formula is C58H71Cl3N12O2S4. The first-order chi connectivity index (χ1) is 37.7. The van der Waals surface area contributed by atoms with Gasteiger partial charge in [-0.05, 0) is 164 Å². The average molecular weight is 1200 g/mol. The van der Waals surface area contributed by atoms with Crippen LogP contribution >= 0.6 is 58.3 Å². The van der Waals surface area contributed by atoms with Gasteiger partial charge in [0, 0.05) is 47.1 Å². The van der Waals surface area contributed by atoms with E-state index >= 15 is 0 Å². The van der Waals surface area contributed by atoms with E-state index in [1.807, 2.05) is 66.1 Å². The molecule has 420 valence electrons. The highest BCUT2D eigenvalue weighted by atomic mass is 35.5. The van der Waals surface area contributed by atoms with Crippen LogP contribution in [0.2, 0.25) is 15.2 Å². The average Bonchev–Trinajstić information content (AvgIpc) is 4.57. The van der Waals surface area contributed by atoms with E-state index in [-0.39, 0.29) is 37.6 Å². The molecule has 2 aromatic carbocycles. The number of anilines is 3. The number of rotatable bonds is 11. The van der Waals surface area contributed by atoms with Crippen LogP contribution in [0.4, 0.5) is 17.5 Å². The number of hydrogen-bond acceptors (Lipinski definition) is 14. The number of piperidine rings is 2. The maximum absolute atomic E-state index is 13.2. The van der Waals surface area contributed by atoms with Crippen molar-refractivity contribution in [3.63, 3.8) is 0 Å². The van der Waals surface area contributed by atoms with Gasteiger partial charge in [0.15, 0.2) is 11.6 Å². The lowest BCUT2D eigenvalue weighted by Gasteiger charge is -2.44. The molecule has 2 spiro atoms. The molecular weight excluding hydrogens is 1130 g/mol. The number of nitrogens with one attached hydrogen (secondary N) is 3. The molecule has 6 aliphatic rings. The van der Waals surface area contributed by atoms with Crippen LogP contribution < -0.4 is 31.1 Å². The Hall–Kier alpha value is -3.95. The molecule has 4 atom stereocenters. The van der Waals surface area contributed by atoms with Crippen LogP contribution in [-0.4, -0.2) is 74.0 Å². The van der Waals surface area contributed by atoms with Crippen LogP contribution in [0.25, 0.3) is 0 Å². The molecule has 0 amide bonds. The lowest BCUT2D eigenvalue weighted by molar-refractivity contribution is 0.165. The van der Waals surface area contributed by atoms with Crippen molar-refractivity contribution in [3.8, 4) is 0 Å². The number of nitrogens with zero attached hydrogens (tertiary/aromatic N) is 7. The fourth-order valence-corrected chi connectivity index (χ4v) is 15.5. The summed E-state index contributed by atoms with van der Waals surface area (Å²) in [5, 5.41) is 6.38. The maximum atomic E-state index is 13.2. The second kappa shape index (κ2) is 24.1. The Bertz CT molecular complexity index is 3230. The normalized spacial score (nSPS) is 20.8. The van der Waals surface area contributed by atoms with Gasteiger partial charge in [0.1, 0.15) is 21.0 Å². The van der Waals surface area contributed by atoms with Crippen LogP contribution in [0.1, 0.15) is 150 Å². The topological polar surface area (TPSA) is 203 Å². The summed E-state index contributed by atoms with van der Waals surface area (Å²) < 4.78 is 32.3. The molecule has 21 heteroatoms. The molecule has 14 nitrogen and oxygen atoms in total. The van der Waals surface area contributed by atoms with Crippen molar-refractivity contribution in [1.82, 2.24) is 44.7 Å². The minimum absolute atomic E-state index is 0.0211. The Labute approximate surface area is 493 Å². The minimum Gasteiger partial charge on any atom is -0.381 e. The van der Waals surface area contributed by atoms with Crippen molar-refractivity contribution in [3.05, 3.63) is 134 Å². The molecule has 0 unspecified atom stereocenters. The summed E-state index contributed by atoms with van der Waals surface area (Å²) in [6.45, 7) is 16.0. The van der Waals surface area contributed by atoms with E-state index in [4.69, 9.17) is 51.3 Å². The summed E-state index contributed by atoms with van der Waals surface area (Å²) in [5.41, 5.74) is 19.8. The van der Waals surface area contributed by atoms with Gasteiger partial charge in [-0.25, -0.2) is 37.8 Å². The van der Waals surface area contributed by atoms with Crippen molar-refractivity contribution in [2.75, 3.05) is 42.5 Å². The van der Waals surface area contributed by atoms with Crippen LogP contribution in [0, 0.1) is 10.8 Å². The molecule has 6 heterocycles. The molecule has 0 radical (unpaired) electrons. The van der Waals surface area contributed by atoms with Gasteiger partial charge in [-0.15, -0.1) is 0 Å². The standard InChI is InChI=1S/C29H35ClN6OS2.C17H26N2OS.C12H10Cl2N4S/c1-28(2,3)39(37)35-25-20-7-5-4-6-19(20)16-29(25)11-14-36(15-12-29)22-17-33-27(26(31)34-22)38-21-10-13-32-24(23(21)30)18-8-9-18;1-16(2,3)21(20)19-15-14-7-5-4-6-13(14)12-17(15)8-10-18-11-9-17;13-8-5-17-12(11(15)18-8)19-7-3-4-16-10(9(7)14)6-1-2-6/h4-7,10,13,17-18,25,35H,8-9,11-12,14-16H2,1-3H3,(H2,31,34);4-7,15,18-19H,8-12H2,1-3H3;3-6H,1-2H2,(H2,15,18)/t25-,39-;15-,21-;/m11./s1. The highest BCUT2D eigenvalue weighted by Gasteiger charge is 2.50. The SMILES string of the molecule is CC(C)(C)[S@@](=O)N[C@@H]1c2ccccc2CC12CCN(c1cnc(Sc3ccnc(C4CC4)c3Cl)c(N)n1)CC2.CC(C)(C)[S@@](=O)N[C@@H]1c2ccccc2CC12CCNCC2.Nc1nc(Cl)cnc1Sc1ccnc(C2CC2)c1Cl. The van der Waals surface area contributed by atoms with Gasteiger partial charge in [-0.1, -0.05) is 107 Å². The third kappa shape index (κ3) is 13.3. The Kier molecular flexibility index (Phi) is 17.8. The number of benzene rings is 2. The number of pyridine rings is 2. The first kappa shape index (κ1) is 58.3. The maximum Gasteiger partial charge on any atom is 0.158 e. The number of halogens is 3.